The molecule has 148 valence electrons. The summed E-state index contributed by atoms with van der Waals surface area (Å²) in [5.41, 5.74) is 2.31. The van der Waals surface area contributed by atoms with Crippen LogP contribution >= 0.6 is 0 Å². The lowest BCUT2D eigenvalue weighted by Gasteiger charge is -2.28. The van der Waals surface area contributed by atoms with E-state index in [2.05, 4.69) is 52.2 Å². The molecule has 2 N–H and O–H groups in total. The van der Waals surface area contributed by atoms with E-state index in [1.165, 1.54) is 5.69 Å². The summed E-state index contributed by atoms with van der Waals surface area (Å²) in [6.07, 6.45) is 1.02. The molecule has 1 aromatic heterocycles. The Morgan fingerprint density at radius 3 is 2.73 bits per heavy atom. The first-order valence-corrected chi connectivity index (χ1v) is 9.91. The first-order valence-electron chi connectivity index (χ1n) is 9.91. The van der Waals surface area contributed by atoms with Crippen LogP contribution < -0.4 is 10.6 Å². The second-order valence-corrected chi connectivity index (χ2v) is 7.17. The van der Waals surface area contributed by atoms with E-state index in [4.69, 9.17) is 9.73 Å². The highest BCUT2D eigenvalue weighted by Crippen LogP contribution is 2.04. The predicted octanol–water partition coefficient (Wildman–Crippen LogP) is 1.41. The average Bonchev–Trinajstić information content (AvgIpc) is 2.94. The Hall–Kier alpha value is -1.60. The number of morpholine rings is 1. The van der Waals surface area contributed by atoms with Gasteiger partial charge < -0.3 is 15.4 Å². The number of hydrogen-bond acceptors (Lipinski definition) is 4. The van der Waals surface area contributed by atoms with E-state index in [-0.39, 0.29) is 0 Å². The van der Waals surface area contributed by atoms with Gasteiger partial charge in [0, 0.05) is 51.5 Å². The molecule has 0 aliphatic carbocycles. The minimum atomic E-state index is 0.540. The smallest absolute Gasteiger partial charge is 0.191 e. The molecular formula is C19H36N6O. The van der Waals surface area contributed by atoms with Gasteiger partial charge in [-0.15, -0.1) is 0 Å². The van der Waals surface area contributed by atoms with Gasteiger partial charge in [0.05, 0.1) is 18.9 Å². The molecule has 0 saturated carbocycles. The Balaban J connectivity index is 1.70. The van der Waals surface area contributed by atoms with Crippen LogP contribution in [-0.2, 0) is 11.3 Å². The third-order valence-corrected chi connectivity index (χ3v) is 4.52. The summed E-state index contributed by atoms with van der Waals surface area (Å²) in [5.74, 6) is 1.45. The first-order chi connectivity index (χ1) is 12.6. The molecule has 0 radical (unpaired) electrons. The second-order valence-electron chi connectivity index (χ2n) is 7.17. The number of aromatic nitrogens is 2. The molecule has 2 heterocycles. The summed E-state index contributed by atoms with van der Waals surface area (Å²) < 4.78 is 7.49. The van der Waals surface area contributed by atoms with Crippen molar-refractivity contribution in [2.24, 2.45) is 10.9 Å². The maximum Gasteiger partial charge on any atom is 0.191 e. The van der Waals surface area contributed by atoms with Crippen LogP contribution in [0.1, 0.15) is 31.7 Å². The molecule has 0 spiro atoms. The van der Waals surface area contributed by atoms with Gasteiger partial charge in [-0.3, -0.25) is 14.6 Å². The van der Waals surface area contributed by atoms with Gasteiger partial charge in [0.2, 0.25) is 0 Å². The minimum absolute atomic E-state index is 0.540. The van der Waals surface area contributed by atoms with E-state index >= 15 is 0 Å². The van der Waals surface area contributed by atoms with Crippen molar-refractivity contribution in [2.75, 3.05) is 52.5 Å². The Bertz CT molecular complexity index is 550. The van der Waals surface area contributed by atoms with Gasteiger partial charge in [-0.2, -0.15) is 5.10 Å². The quantitative estimate of drug-likeness (QED) is 0.394. The fourth-order valence-electron chi connectivity index (χ4n) is 3.21. The van der Waals surface area contributed by atoms with Gasteiger partial charge in [-0.1, -0.05) is 6.92 Å². The highest BCUT2D eigenvalue weighted by atomic mass is 16.5. The molecule has 1 aliphatic heterocycles. The van der Waals surface area contributed by atoms with Crippen LogP contribution in [0.15, 0.2) is 11.1 Å². The third kappa shape index (κ3) is 7.33. The van der Waals surface area contributed by atoms with Crippen LogP contribution in [0.5, 0.6) is 0 Å². The van der Waals surface area contributed by atoms with Crippen LogP contribution in [0.3, 0.4) is 0 Å². The Morgan fingerprint density at radius 1 is 1.31 bits per heavy atom. The molecule has 1 unspecified atom stereocenters. The van der Waals surface area contributed by atoms with Crippen molar-refractivity contribution in [1.29, 1.82) is 0 Å². The average molecular weight is 365 g/mol. The molecule has 7 heteroatoms. The lowest BCUT2D eigenvalue weighted by molar-refractivity contribution is 0.0323. The van der Waals surface area contributed by atoms with Crippen LogP contribution in [0.4, 0.5) is 0 Å². The van der Waals surface area contributed by atoms with Crippen molar-refractivity contribution < 1.29 is 4.74 Å². The minimum Gasteiger partial charge on any atom is -0.379 e. The summed E-state index contributed by atoms with van der Waals surface area (Å²) in [4.78, 5) is 7.23. The van der Waals surface area contributed by atoms with E-state index in [1.54, 1.807) is 0 Å². The highest BCUT2D eigenvalue weighted by Gasteiger charge is 2.13. The lowest BCUT2D eigenvalue weighted by Crippen LogP contribution is -2.40. The zero-order chi connectivity index (χ0) is 18.8. The van der Waals surface area contributed by atoms with Crippen LogP contribution in [0.2, 0.25) is 0 Å². The number of guanidine groups is 1. The number of aryl methyl sites for hydroxylation is 3. The molecule has 26 heavy (non-hydrogen) atoms. The Labute approximate surface area is 158 Å². The van der Waals surface area contributed by atoms with Gasteiger partial charge in [0.1, 0.15) is 0 Å². The van der Waals surface area contributed by atoms with Gasteiger partial charge >= 0.3 is 0 Å². The SMILES string of the molecule is CCNC(=NCC(C)CN1CCOCC1)NCCCn1nc(C)cc1C. The Kier molecular flexibility index (Phi) is 8.91. The summed E-state index contributed by atoms with van der Waals surface area (Å²) in [6, 6.07) is 2.12. The van der Waals surface area contributed by atoms with Gasteiger partial charge in [-0.25, -0.2) is 0 Å². The molecule has 7 nitrogen and oxygen atoms in total. The summed E-state index contributed by atoms with van der Waals surface area (Å²) in [7, 11) is 0. The van der Waals surface area contributed by atoms with E-state index in [0.717, 1.165) is 77.1 Å². The van der Waals surface area contributed by atoms with Crippen molar-refractivity contribution in [2.45, 2.75) is 40.7 Å². The van der Waals surface area contributed by atoms with Crippen molar-refractivity contribution in [3.05, 3.63) is 17.5 Å². The van der Waals surface area contributed by atoms with Gasteiger partial charge in [0.15, 0.2) is 5.96 Å². The molecule has 1 saturated heterocycles. The monoisotopic (exact) mass is 364 g/mol. The normalized spacial score (nSPS) is 17.3. The number of nitrogens with zero attached hydrogens (tertiary/aromatic N) is 4. The predicted molar refractivity (Wildman–Crippen MR) is 107 cm³/mol. The summed E-state index contributed by atoms with van der Waals surface area (Å²) in [5, 5.41) is 11.3. The van der Waals surface area contributed by atoms with E-state index in [0.29, 0.717) is 5.92 Å². The van der Waals surface area contributed by atoms with E-state index in [1.807, 2.05) is 6.92 Å². The molecule has 0 aromatic carbocycles. The summed E-state index contributed by atoms with van der Waals surface area (Å²) >= 11 is 0. The maximum atomic E-state index is 5.41. The van der Waals surface area contributed by atoms with Gasteiger partial charge in [0.25, 0.3) is 0 Å². The zero-order valence-electron chi connectivity index (χ0n) is 16.9. The highest BCUT2D eigenvalue weighted by molar-refractivity contribution is 5.79. The largest absolute Gasteiger partial charge is 0.379 e. The van der Waals surface area contributed by atoms with Crippen LogP contribution in [0.25, 0.3) is 0 Å². The number of rotatable bonds is 9. The number of nitrogens with one attached hydrogen (secondary N) is 2. The molecule has 0 bridgehead atoms. The van der Waals surface area contributed by atoms with Crippen LogP contribution in [-0.4, -0.2) is 73.1 Å². The van der Waals surface area contributed by atoms with Crippen molar-refractivity contribution in [3.8, 4) is 0 Å². The Morgan fingerprint density at radius 2 is 2.08 bits per heavy atom. The molecular weight excluding hydrogens is 328 g/mol. The fourth-order valence-corrected chi connectivity index (χ4v) is 3.21. The van der Waals surface area contributed by atoms with Crippen molar-refractivity contribution in [1.82, 2.24) is 25.3 Å². The van der Waals surface area contributed by atoms with E-state index in [9.17, 15) is 0 Å². The van der Waals surface area contributed by atoms with Gasteiger partial charge in [-0.05, 0) is 39.2 Å². The number of ether oxygens (including phenoxy) is 1. The molecule has 1 aromatic rings. The second kappa shape index (κ2) is 11.2. The zero-order valence-corrected chi connectivity index (χ0v) is 16.9. The van der Waals surface area contributed by atoms with Crippen molar-refractivity contribution in [3.63, 3.8) is 0 Å². The van der Waals surface area contributed by atoms with Crippen molar-refractivity contribution >= 4 is 5.96 Å². The molecule has 1 fully saturated rings. The molecule has 2 rings (SSSR count). The lowest BCUT2D eigenvalue weighted by atomic mass is 10.1. The van der Waals surface area contributed by atoms with E-state index < -0.39 is 0 Å². The molecule has 1 atom stereocenters. The maximum absolute atomic E-state index is 5.41. The first kappa shape index (κ1) is 20.7. The number of hydrogen-bond donors (Lipinski definition) is 2. The summed E-state index contributed by atoms with van der Waals surface area (Å²) in [6.45, 7) is 16.9. The topological polar surface area (TPSA) is 66.7 Å². The molecule has 1 aliphatic rings. The number of aliphatic imine (C=N–C) groups is 1. The molecule has 0 amide bonds. The fraction of sp³-hybridized carbons (Fsp3) is 0.789. The third-order valence-electron chi connectivity index (χ3n) is 4.52. The van der Waals surface area contributed by atoms with Crippen LogP contribution in [0, 0.1) is 19.8 Å². The standard InChI is InChI=1S/C19H36N6O/c1-5-20-19(21-7-6-8-25-18(4)13-17(3)23-25)22-14-16(2)15-24-9-11-26-12-10-24/h13,16H,5-12,14-15H2,1-4H3,(H2,20,21,22).